The van der Waals surface area contributed by atoms with Gasteiger partial charge in [-0.1, -0.05) is 26.0 Å². The third-order valence-corrected chi connectivity index (χ3v) is 3.57. The lowest BCUT2D eigenvalue weighted by atomic mass is 10.1. The van der Waals surface area contributed by atoms with Gasteiger partial charge in [-0.3, -0.25) is 4.79 Å². The molecule has 0 bridgehead atoms. The fraction of sp³-hybridized carbons (Fsp3) is 0.562. The molecule has 0 saturated heterocycles. The summed E-state index contributed by atoms with van der Waals surface area (Å²) in [6, 6.07) is 6.48. The smallest absolute Gasteiger partial charge is 0.325 e. The topological polar surface area (TPSA) is 61.8 Å². The van der Waals surface area contributed by atoms with Gasteiger partial charge in [0, 0.05) is 0 Å². The highest BCUT2D eigenvalue weighted by Crippen LogP contribution is 2.19. The summed E-state index contributed by atoms with van der Waals surface area (Å²) in [7, 11) is 1.58. The van der Waals surface area contributed by atoms with Crippen LogP contribution in [0.15, 0.2) is 24.3 Å². The highest BCUT2D eigenvalue weighted by Gasteiger charge is 2.19. The summed E-state index contributed by atoms with van der Waals surface area (Å²) in [6.07, 6.45) is 0.926. The summed E-state index contributed by atoms with van der Waals surface area (Å²) in [5.74, 6) is -0.199. The maximum atomic E-state index is 11.4. The number of rotatable bonds is 10. The van der Waals surface area contributed by atoms with Crippen LogP contribution in [0, 0.1) is 0 Å². The number of methoxy groups -OCH3 is 1. The molecule has 0 radical (unpaired) electrons. The maximum absolute atomic E-state index is 11.4. The lowest BCUT2D eigenvalue weighted by molar-refractivity contribution is -0.139. The summed E-state index contributed by atoms with van der Waals surface area (Å²) in [5.41, 5.74) is 0.713. The number of aliphatic carboxylic acids is 1. The molecule has 5 nitrogen and oxygen atoms in total. The summed E-state index contributed by atoms with van der Waals surface area (Å²) in [5, 5.41) is 12.5. The zero-order chi connectivity index (χ0) is 15.7. The van der Waals surface area contributed by atoms with Crippen LogP contribution in [0.4, 0.5) is 0 Å². The molecule has 0 aromatic heterocycles. The molecule has 1 unspecified atom stereocenters. The van der Waals surface area contributed by atoms with E-state index in [0.29, 0.717) is 17.9 Å². The van der Waals surface area contributed by atoms with Crippen molar-refractivity contribution < 1.29 is 14.6 Å². The maximum Gasteiger partial charge on any atom is 0.325 e. The van der Waals surface area contributed by atoms with E-state index in [1.165, 1.54) is 0 Å². The van der Waals surface area contributed by atoms with Crippen molar-refractivity contribution in [1.29, 1.82) is 0 Å². The quantitative estimate of drug-likeness (QED) is 0.647. The number of benzene rings is 1. The van der Waals surface area contributed by atoms with Gasteiger partial charge in [0.25, 0.3) is 0 Å². The number of nitrogens with zero attached hydrogens (tertiary/aromatic N) is 1. The minimum absolute atomic E-state index is 0.670. The average molecular weight is 294 g/mol. The molecule has 1 aromatic rings. The molecule has 1 aromatic carbocycles. The first kappa shape index (κ1) is 17.5. The number of ether oxygens (including phenoxy) is 1. The SMILES string of the molecule is CCN(CC)CCCNC(C(=O)O)c1cccc(OC)c1. The second-order valence-corrected chi connectivity index (χ2v) is 4.88. The zero-order valence-electron chi connectivity index (χ0n) is 13.1. The molecule has 118 valence electrons. The Kier molecular flexibility index (Phi) is 7.79. The molecular weight excluding hydrogens is 268 g/mol. The van der Waals surface area contributed by atoms with E-state index in [0.717, 1.165) is 26.1 Å². The van der Waals surface area contributed by atoms with Gasteiger partial charge in [-0.25, -0.2) is 0 Å². The standard InChI is InChI=1S/C16H26N2O3/c1-4-18(5-2)11-7-10-17-15(16(19)20)13-8-6-9-14(12-13)21-3/h6,8-9,12,15,17H,4-5,7,10-11H2,1-3H3,(H,19,20). The molecule has 1 rings (SSSR count). The van der Waals surface area contributed by atoms with E-state index < -0.39 is 12.0 Å². The van der Waals surface area contributed by atoms with Crippen LogP contribution in [0.1, 0.15) is 31.9 Å². The largest absolute Gasteiger partial charge is 0.497 e. The molecule has 0 saturated carbocycles. The van der Waals surface area contributed by atoms with Crippen LogP contribution in [0.3, 0.4) is 0 Å². The van der Waals surface area contributed by atoms with Crippen molar-refractivity contribution in [1.82, 2.24) is 10.2 Å². The molecule has 0 aliphatic rings. The summed E-state index contributed by atoms with van der Waals surface area (Å²) < 4.78 is 5.14. The summed E-state index contributed by atoms with van der Waals surface area (Å²) in [6.45, 7) is 7.96. The van der Waals surface area contributed by atoms with Crippen LogP contribution in [0.5, 0.6) is 5.75 Å². The molecule has 2 N–H and O–H groups in total. The third kappa shape index (κ3) is 5.73. The van der Waals surface area contributed by atoms with Crippen molar-refractivity contribution in [3.8, 4) is 5.75 Å². The van der Waals surface area contributed by atoms with E-state index in [1.807, 2.05) is 12.1 Å². The van der Waals surface area contributed by atoms with Gasteiger partial charge in [0.05, 0.1) is 7.11 Å². The predicted molar refractivity (Wildman–Crippen MR) is 83.8 cm³/mol. The van der Waals surface area contributed by atoms with E-state index >= 15 is 0 Å². The second kappa shape index (κ2) is 9.37. The van der Waals surface area contributed by atoms with Crippen LogP contribution in [0.2, 0.25) is 0 Å². The van der Waals surface area contributed by atoms with Crippen molar-refractivity contribution >= 4 is 5.97 Å². The van der Waals surface area contributed by atoms with Crippen LogP contribution in [0.25, 0.3) is 0 Å². The number of hydrogen-bond acceptors (Lipinski definition) is 4. The Balaban J connectivity index is 2.56. The Bertz CT molecular complexity index is 433. The molecule has 0 spiro atoms. The van der Waals surface area contributed by atoms with E-state index in [-0.39, 0.29) is 0 Å². The van der Waals surface area contributed by atoms with Gasteiger partial charge in [0.15, 0.2) is 0 Å². The number of hydrogen-bond donors (Lipinski definition) is 2. The monoisotopic (exact) mass is 294 g/mol. The molecule has 1 atom stereocenters. The minimum Gasteiger partial charge on any atom is -0.497 e. The third-order valence-electron chi connectivity index (χ3n) is 3.57. The number of carbonyl (C=O) groups is 1. The normalized spacial score (nSPS) is 12.4. The van der Waals surface area contributed by atoms with Gasteiger partial charge >= 0.3 is 5.97 Å². The first-order chi connectivity index (χ1) is 10.1. The molecule has 21 heavy (non-hydrogen) atoms. The Morgan fingerprint density at radius 1 is 1.38 bits per heavy atom. The highest BCUT2D eigenvalue weighted by molar-refractivity contribution is 5.75. The Morgan fingerprint density at radius 2 is 2.10 bits per heavy atom. The second-order valence-electron chi connectivity index (χ2n) is 4.88. The fourth-order valence-electron chi connectivity index (χ4n) is 2.26. The first-order valence-electron chi connectivity index (χ1n) is 7.44. The van der Waals surface area contributed by atoms with Gasteiger partial charge in [0.2, 0.25) is 0 Å². The van der Waals surface area contributed by atoms with Gasteiger partial charge < -0.3 is 20.1 Å². The lowest BCUT2D eigenvalue weighted by Crippen LogP contribution is -2.32. The van der Waals surface area contributed by atoms with Crippen molar-refractivity contribution in [3.05, 3.63) is 29.8 Å². The van der Waals surface area contributed by atoms with Gasteiger partial charge in [0.1, 0.15) is 11.8 Å². The Morgan fingerprint density at radius 3 is 2.67 bits per heavy atom. The van der Waals surface area contributed by atoms with Crippen molar-refractivity contribution in [2.24, 2.45) is 0 Å². The number of carboxylic acid groups (broad SMARTS) is 1. The lowest BCUT2D eigenvalue weighted by Gasteiger charge is -2.19. The average Bonchev–Trinajstić information content (AvgIpc) is 2.50. The molecule has 0 aliphatic heterocycles. The van der Waals surface area contributed by atoms with Crippen molar-refractivity contribution in [3.63, 3.8) is 0 Å². The zero-order valence-corrected chi connectivity index (χ0v) is 13.1. The molecule has 0 heterocycles. The molecule has 0 aliphatic carbocycles. The predicted octanol–water partition coefficient (Wildman–Crippen LogP) is 2.14. The highest BCUT2D eigenvalue weighted by atomic mass is 16.5. The number of carboxylic acids is 1. The van der Waals surface area contributed by atoms with Gasteiger partial charge in [-0.2, -0.15) is 0 Å². The minimum atomic E-state index is -0.869. The number of nitrogens with one attached hydrogen (secondary N) is 1. The van der Waals surface area contributed by atoms with Crippen molar-refractivity contribution in [2.75, 3.05) is 33.3 Å². The first-order valence-corrected chi connectivity index (χ1v) is 7.44. The molecular formula is C16H26N2O3. The Labute approximate surface area is 126 Å². The van der Waals surface area contributed by atoms with E-state index in [1.54, 1.807) is 19.2 Å². The van der Waals surface area contributed by atoms with Crippen molar-refractivity contribution in [2.45, 2.75) is 26.3 Å². The molecule has 0 amide bonds. The van der Waals surface area contributed by atoms with Crippen LogP contribution in [-0.4, -0.2) is 49.3 Å². The Hall–Kier alpha value is -1.59. The van der Waals surface area contributed by atoms with E-state index in [4.69, 9.17) is 4.74 Å². The van der Waals surface area contributed by atoms with Gasteiger partial charge in [-0.05, 0) is 50.3 Å². The summed E-state index contributed by atoms with van der Waals surface area (Å²) in [4.78, 5) is 13.7. The van der Waals surface area contributed by atoms with E-state index in [2.05, 4.69) is 24.1 Å². The molecule has 5 heteroatoms. The van der Waals surface area contributed by atoms with E-state index in [9.17, 15) is 9.90 Å². The van der Waals surface area contributed by atoms with Crippen LogP contribution < -0.4 is 10.1 Å². The molecule has 0 fully saturated rings. The van der Waals surface area contributed by atoms with Crippen LogP contribution >= 0.6 is 0 Å². The van der Waals surface area contributed by atoms with Gasteiger partial charge in [-0.15, -0.1) is 0 Å². The summed E-state index contributed by atoms with van der Waals surface area (Å²) >= 11 is 0. The van der Waals surface area contributed by atoms with Crippen LogP contribution in [-0.2, 0) is 4.79 Å². The fourth-order valence-corrected chi connectivity index (χ4v) is 2.26.